The van der Waals surface area contributed by atoms with Gasteiger partial charge in [0.15, 0.2) is 0 Å². The Morgan fingerprint density at radius 2 is 1.91 bits per heavy atom. The van der Waals surface area contributed by atoms with Crippen molar-refractivity contribution >= 4 is 27.3 Å². The summed E-state index contributed by atoms with van der Waals surface area (Å²) in [4.78, 5) is 4.18. The van der Waals surface area contributed by atoms with Gasteiger partial charge in [-0.1, -0.05) is 35.0 Å². The van der Waals surface area contributed by atoms with Gasteiger partial charge in [0.2, 0.25) is 11.7 Å². The largest absolute Gasteiger partial charge is 0.339 e. The Balaban J connectivity index is 1.94. The zero-order valence-corrected chi connectivity index (χ0v) is 13.6. The van der Waals surface area contributed by atoms with Gasteiger partial charge in [-0.05, 0) is 30.3 Å². The molecule has 0 aliphatic heterocycles. The maximum absolute atomic E-state index is 12.5. The lowest BCUT2D eigenvalue weighted by molar-refractivity contribution is 0.394. The molecular weight excluding hydrogens is 338 g/mol. The number of sulfonamides is 1. The number of halogens is 1. The van der Waals surface area contributed by atoms with E-state index >= 15 is 0 Å². The second kappa shape index (κ2) is 6.02. The first kappa shape index (κ1) is 15.5. The van der Waals surface area contributed by atoms with Crippen LogP contribution >= 0.6 is 11.6 Å². The first-order valence-corrected chi connectivity index (χ1v) is 8.49. The Kier molecular flexibility index (Phi) is 4.06. The lowest BCUT2D eigenvalue weighted by atomic mass is 10.2. The Morgan fingerprint density at radius 3 is 2.61 bits per heavy atom. The van der Waals surface area contributed by atoms with Gasteiger partial charge in [0, 0.05) is 17.5 Å². The SMILES string of the molecule is Cc1nc(-c2cccc(S(=O)(=O)Nc3cccc(Cl)c3)c2)no1. The van der Waals surface area contributed by atoms with Crippen LogP contribution in [0.25, 0.3) is 11.4 Å². The number of hydrogen-bond acceptors (Lipinski definition) is 5. The van der Waals surface area contributed by atoms with Crippen molar-refractivity contribution in [2.75, 3.05) is 4.72 Å². The number of anilines is 1. The summed E-state index contributed by atoms with van der Waals surface area (Å²) < 4.78 is 32.4. The highest BCUT2D eigenvalue weighted by atomic mass is 35.5. The van der Waals surface area contributed by atoms with Crippen LogP contribution in [0.3, 0.4) is 0 Å². The van der Waals surface area contributed by atoms with Crippen LogP contribution in [0.1, 0.15) is 5.89 Å². The summed E-state index contributed by atoms with van der Waals surface area (Å²) in [5, 5.41) is 4.23. The summed E-state index contributed by atoms with van der Waals surface area (Å²) in [5.41, 5.74) is 0.939. The minimum absolute atomic E-state index is 0.0948. The molecule has 0 fully saturated rings. The summed E-state index contributed by atoms with van der Waals surface area (Å²) in [6, 6.07) is 12.8. The predicted molar refractivity (Wildman–Crippen MR) is 86.7 cm³/mol. The number of nitrogens with zero attached hydrogens (tertiary/aromatic N) is 2. The molecule has 0 radical (unpaired) electrons. The molecule has 0 aliphatic rings. The quantitative estimate of drug-likeness (QED) is 0.779. The van der Waals surface area contributed by atoms with E-state index in [-0.39, 0.29) is 4.90 Å². The van der Waals surface area contributed by atoms with Gasteiger partial charge >= 0.3 is 0 Å². The molecule has 8 heteroatoms. The molecule has 3 aromatic rings. The second-order valence-corrected chi connectivity index (χ2v) is 6.90. The van der Waals surface area contributed by atoms with Crippen LogP contribution < -0.4 is 4.72 Å². The number of hydrogen-bond donors (Lipinski definition) is 1. The van der Waals surface area contributed by atoms with Crippen molar-refractivity contribution in [3.05, 3.63) is 59.4 Å². The van der Waals surface area contributed by atoms with Crippen LogP contribution in [0, 0.1) is 6.92 Å². The lowest BCUT2D eigenvalue weighted by Gasteiger charge is -2.09. The Labute approximate surface area is 138 Å². The third-order valence-electron chi connectivity index (χ3n) is 3.01. The zero-order chi connectivity index (χ0) is 16.4. The molecular formula is C15H12ClN3O3S. The molecule has 0 saturated heterocycles. The molecule has 0 spiro atoms. The molecule has 1 N–H and O–H groups in total. The maximum atomic E-state index is 12.5. The van der Waals surface area contributed by atoms with Gasteiger partial charge in [0.25, 0.3) is 10.0 Å². The third-order valence-corrected chi connectivity index (χ3v) is 4.62. The first-order valence-electron chi connectivity index (χ1n) is 6.63. The van der Waals surface area contributed by atoms with E-state index in [0.717, 1.165) is 0 Å². The van der Waals surface area contributed by atoms with Crippen LogP contribution in [-0.2, 0) is 10.0 Å². The third kappa shape index (κ3) is 3.52. The van der Waals surface area contributed by atoms with Gasteiger partial charge in [-0.25, -0.2) is 8.42 Å². The molecule has 23 heavy (non-hydrogen) atoms. The monoisotopic (exact) mass is 349 g/mol. The number of benzene rings is 2. The molecule has 6 nitrogen and oxygen atoms in total. The fraction of sp³-hybridized carbons (Fsp3) is 0.0667. The van der Waals surface area contributed by atoms with Crippen LogP contribution in [0.4, 0.5) is 5.69 Å². The summed E-state index contributed by atoms with van der Waals surface area (Å²) in [6.07, 6.45) is 0. The smallest absolute Gasteiger partial charge is 0.261 e. The van der Waals surface area contributed by atoms with E-state index in [1.54, 1.807) is 37.3 Å². The topological polar surface area (TPSA) is 85.1 Å². The van der Waals surface area contributed by atoms with Gasteiger partial charge in [-0.2, -0.15) is 4.98 Å². The second-order valence-electron chi connectivity index (χ2n) is 4.78. The average Bonchev–Trinajstić information content (AvgIpc) is 2.94. The molecule has 0 aliphatic carbocycles. The van der Waals surface area contributed by atoms with Crippen molar-refractivity contribution in [3.8, 4) is 11.4 Å². The first-order chi connectivity index (χ1) is 10.9. The van der Waals surface area contributed by atoms with Crippen LogP contribution in [0.2, 0.25) is 5.02 Å². The molecule has 1 heterocycles. The molecule has 0 saturated carbocycles. The van der Waals surface area contributed by atoms with Crippen molar-refractivity contribution in [2.24, 2.45) is 0 Å². The number of rotatable bonds is 4. The number of aromatic nitrogens is 2. The van der Waals surface area contributed by atoms with Crippen molar-refractivity contribution in [3.63, 3.8) is 0 Å². The van der Waals surface area contributed by atoms with Crippen molar-refractivity contribution in [1.82, 2.24) is 10.1 Å². The Hall–Kier alpha value is -2.38. The Bertz CT molecular complexity index is 954. The normalized spacial score (nSPS) is 11.4. The molecule has 0 amide bonds. The van der Waals surface area contributed by atoms with E-state index in [9.17, 15) is 8.42 Å². The van der Waals surface area contributed by atoms with Crippen LogP contribution in [-0.4, -0.2) is 18.6 Å². The molecule has 0 atom stereocenters. The van der Waals surface area contributed by atoms with E-state index in [2.05, 4.69) is 14.9 Å². The van der Waals surface area contributed by atoms with Gasteiger partial charge in [-0.15, -0.1) is 0 Å². The van der Waals surface area contributed by atoms with Crippen molar-refractivity contribution in [2.45, 2.75) is 11.8 Å². The molecule has 1 aromatic heterocycles. The Morgan fingerprint density at radius 1 is 1.13 bits per heavy atom. The van der Waals surface area contributed by atoms with Crippen molar-refractivity contribution < 1.29 is 12.9 Å². The van der Waals surface area contributed by atoms with E-state index < -0.39 is 10.0 Å². The fourth-order valence-corrected chi connectivity index (χ4v) is 3.27. The average molecular weight is 350 g/mol. The lowest BCUT2D eigenvalue weighted by Crippen LogP contribution is -2.12. The minimum atomic E-state index is -3.75. The van der Waals surface area contributed by atoms with Gasteiger partial charge < -0.3 is 4.52 Å². The zero-order valence-electron chi connectivity index (χ0n) is 12.0. The number of aryl methyl sites for hydroxylation is 1. The predicted octanol–water partition coefficient (Wildman–Crippen LogP) is 3.50. The van der Waals surface area contributed by atoms with Gasteiger partial charge in [0.05, 0.1) is 10.6 Å². The minimum Gasteiger partial charge on any atom is -0.339 e. The molecule has 2 aromatic carbocycles. The van der Waals surface area contributed by atoms with Gasteiger partial charge in [-0.3, -0.25) is 4.72 Å². The molecule has 0 unspecified atom stereocenters. The standard InChI is InChI=1S/C15H12ClN3O3S/c1-10-17-15(18-22-10)11-4-2-7-14(8-11)23(20,21)19-13-6-3-5-12(16)9-13/h2-9,19H,1H3. The maximum Gasteiger partial charge on any atom is 0.261 e. The fourth-order valence-electron chi connectivity index (χ4n) is 1.98. The summed E-state index contributed by atoms with van der Waals surface area (Å²) >= 11 is 5.87. The highest BCUT2D eigenvalue weighted by molar-refractivity contribution is 7.92. The van der Waals surface area contributed by atoms with E-state index in [0.29, 0.717) is 28.0 Å². The van der Waals surface area contributed by atoms with Crippen LogP contribution in [0.5, 0.6) is 0 Å². The van der Waals surface area contributed by atoms with Crippen LogP contribution in [0.15, 0.2) is 57.9 Å². The van der Waals surface area contributed by atoms with Gasteiger partial charge in [0.1, 0.15) is 0 Å². The summed E-state index contributed by atoms with van der Waals surface area (Å²) in [5.74, 6) is 0.743. The van der Waals surface area contributed by atoms with Crippen molar-refractivity contribution in [1.29, 1.82) is 0 Å². The summed E-state index contributed by atoms with van der Waals surface area (Å²) in [6.45, 7) is 1.66. The summed E-state index contributed by atoms with van der Waals surface area (Å²) in [7, 11) is -3.75. The highest BCUT2D eigenvalue weighted by Crippen LogP contribution is 2.23. The highest BCUT2D eigenvalue weighted by Gasteiger charge is 2.16. The number of nitrogens with one attached hydrogen (secondary N) is 1. The van der Waals surface area contributed by atoms with E-state index in [4.69, 9.17) is 16.1 Å². The molecule has 3 rings (SSSR count). The van der Waals surface area contributed by atoms with E-state index in [1.807, 2.05) is 0 Å². The molecule has 0 bridgehead atoms. The van der Waals surface area contributed by atoms with E-state index in [1.165, 1.54) is 18.2 Å². The molecule has 118 valence electrons.